The van der Waals surface area contributed by atoms with Gasteiger partial charge in [-0.1, -0.05) is 30.3 Å². The SMILES string of the molecule is O=C1c2ccccc2C(=O)c2cc3c(=O)cc(C4=CCCCC4)sc3cc21. The van der Waals surface area contributed by atoms with Crippen LogP contribution in [0.5, 0.6) is 0 Å². The van der Waals surface area contributed by atoms with Gasteiger partial charge in [-0.2, -0.15) is 0 Å². The van der Waals surface area contributed by atoms with Gasteiger partial charge in [0.2, 0.25) is 0 Å². The number of carbonyl (C=O) groups is 2. The Bertz CT molecular complexity index is 1230. The van der Waals surface area contributed by atoms with Crippen LogP contribution in [-0.4, -0.2) is 11.6 Å². The zero-order valence-corrected chi connectivity index (χ0v) is 15.4. The Labute approximate surface area is 160 Å². The number of carbonyl (C=O) groups excluding carboxylic acids is 2. The summed E-state index contributed by atoms with van der Waals surface area (Å²) in [6.45, 7) is 0. The van der Waals surface area contributed by atoms with Crippen LogP contribution < -0.4 is 5.43 Å². The molecule has 0 atom stereocenters. The lowest BCUT2D eigenvalue weighted by Crippen LogP contribution is -2.21. The van der Waals surface area contributed by atoms with Crippen LogP contribution in [0.25, 0.3) is 15.7 Å². The van der Waals surface area contributed by atoms with Crippen LogP contribution in [0.2, 0.25) is 0 Å². The molecule has 0 spiro atoms. The van der Waals surface area contributed by atoms with E-state index in [0.717, 1.165) is 28.8 Å². The molecule has 27 heavy (non-hydrogen) atoms. The highest BCUT2D eigenvalue weighted by Crippen LogP contribution is 2.35. The molecule has 1 aromatic heterocycles. The number of hydrogen-bond acceptors (Lipinski definition) is 4. The lowest BCUT2D eigenvalue weighted by Gasteiger charge is -2.18. The summed E-state index contributed by atoms with van der Waals surface area (Å²) in [5.41, 5.74) is 2.71. The quantitative estimate of drug-likeness (QED) is 0.473. The molecule has 0 bridgehead atoms. The third-order valence-electron chi connectivity index (χ3n) is 5.38. The van der Waals surface area contributed by atoms with E-state index in [-0.39, 0.29) is 17.0 Å². The molecule has 2 aliphatic carbocycles. The molecule has 2 aliphatic rings. The lowest BCUT2D eigenvalue weighted by molar-refractivity contribution is 0.0979. The van der Waals surface area contributed by atoms with Crippen molar-refractivity contribution in [2.24, 2.45) is 0 Å². The summed E-state index contributed by atoms with van der Waals surface area (Å²) >= 11 is 1.53. The molecule has 0 radical (unpaired) electrons. The maximum absolute atomic E-state index is 12.9. The fraction of sp³-hybridized carbons (Fsp3) is 0.174. The largest absolute Gasteiger partial charge is 0.289 e. The van der Waals surface area contributed by atoms with E-state index in [0.29, 0.717) is 27.6 Å². The fourth-order valence-electron chi connectivity index (χ4n) is 3.97. The van der Waals surface area contributed by atoms with Gasteiger partial charge in [-0.15, -0.1) is 11.3 Å². The van der Waals surface area contributed by atoms with E-state index >= 15 is 0 Å². The van der Waals surface area contributed by atoms with Crippen LogP contribution in [0.3, 0.4) is 0 Å². The average Bonchev–Trinajstić information content (AvgIpc) is 2.72. The molecular formula is C23H16O3S. The molecule has 0 saturated heterocycles. The molecule has 0 aliphatic heterocycles. The number of ketones is 2. The maximum atomic E-state index is 12.9. The standard InChI is InChI=1S/C23H16O3S/c24-19-12-20(13-6-2-1-3-7-13)27-21-11-17-16(10-18(19)21)22(25)14-8-4-5-9-15(14)23(17)26/h4-6,8-12H,1-3,7H2. The minimum Gasteiger partial charge on any atom is -0.289 e. The molecule has 4 heteroatoms. The third-order valence-corrected chi connectivity index (χ3v) is 6.54. The highest BCUT2D eigenvalue weighted by atomic mass is 32.1. The molecule has 0 fully saturated rings. The monoisotopic (exact) mass is 372 g/mol. The Morgan fingerprint density at radius 2 is 1.48 bits per heavy atom. The van der Waals surface area contributed by atoms with Crippen molar-refractivity contribution in [2.45, 2.75) is 25.7 Å². The van der Waals surface area contributed by atoms with Gasteiger partial charge in [0.1, 0.15) is 0 Å². The Morgan fingerprint density at radius 1 is 0.778 bits per heavy atom. The summed E-state index contributed by atoms with van der Waals surface area (Å²) in [5, 5.41) is 0.513. The molecule has 1 heterocycles. The van der Waals surface area contributed by atoms with Crippen molar-refractivity contribution in [3.05, 3.63) is 85.9 Å². The summed E-state index contributed by atoms with van der Waals surface area (Å²) in [4.78, 5) is 39.5. The Kier molecular flexibility index (Phi) is 3.69. The molecule has 0 unspecified atom stereocenters. The van der Waals surface area contributed by atoms with Crippen molar-refractivity contribution in [1.82, 2.24) is 0 Å². The third kappa shape index (κ3) is 2.52. The summed E-state index contributed by atoms with van der Waals surface area (Å²) < 4.78 is 0.767. The van der Waals surface area contributed by atoms with Crippen molar-refractivity contribution < 1.29 is 9.59 Å². The predicted molar refractivity (Wildman–Crippen MR) is 108 cm³/mol. The van der Waals surface area contributed by atoms with Gasteiger partial charge < -0.3 is 0 Å². The van der Waals surface area contributed by atoms with E-state index in [1.54, 1.807) is 42.5 Å². The van der Waals surface area contributed by atoms with Gasteiger partial charge in [-0.05, 0) is 43.4 Å². The van der Waals surface area contributed by atoms with Crippen LogP contribution in [0.1, 0.15) is 62.4 Å². The van der Waals surface area contributed by atoms with Crippen LogP contribution in [-0.2, 0) is 0 Å². The Morgan fingerprint density at radius 3 is 2.15 bits per heavy atom. The molecule has 5 rings (SSSR count). The summed E-state index contributed by atoms with van der Waals surface area (Å²) in [6.07, 6.45) is 6.57. The van der Waals surface area contributed by atoms with E-state index in [2.05, 4.69) is 6.08 Å². The van der Waals surface area contributed by atoms with Crippen molar-refractivity contribution in [3.63, 3.8) is 0 Å². The average molecular weight is 372 g/mol. The molecular weight excluding hydrogens is 356 g/mol. The smallest absolute Gasteiger partial charge is 0.194 e. The normalized spacial score (nSPS) is 16.1. The topological polar surface area (TPSA) is 51.2 Å². The molecule has 0 saturated carbocycles. The first-order valence-electron chi connectivity index (χ1n) is 9.13. The number of benzene rings is 2. The van der Waals surface area contributed by atoms with E-state index in [1.807, 2.05) is 0 Å². The molecule has 3 nitrogen and oxygen atoms in total. The van der Waals surface area contributed by atoms with E-state index in [4.69, 9.17) is 0 Å². The second-order valence-corrected chi connectivity index (χ2v) is 8.13. The first kappa shape index (κ1) is 16.3. The van der Waals surface area contributed by atoms with E-state index in [1.165, 1.54) is 23.3 Å². The fourth-order valence-corrected chi connectivity index (χ4v) is 5.13. The summed E-state index contributed by atoms with van der Waals surface area (Å²) in [6, 6.07) is 11.9. The predicted octanol–water partition coefficient (Wildman–Crippen LogP) is 4.99. The first-order valence-corrected chi connectivity index (χ1v) is 9.95. The molecule has 132 valence electrons. The van der Waals surface area contributed by atoms with Crippen LogP contribution >= 0.6 is 11.3 Å². The Hall–Kier alpha value is -2.85. The molecule has 0 N–H and O–H groups in total. The van der Waals surface area contributed by atoms with Crippen molar-refractivity contribution in [1.29, 1.82) is 0 Å². The minimum atomic E-state index is -0.189. The maximum Gasteiger partial charge on any atom is 0.194 e. The second-order valence-electron chi connectivity index (χ2n) is 7.05. The van der Waals surface area contributed by atoms with Gasteiger partial charge in [0.15, 0.2) is 17.0 Å². The first-order chi connectivity index (χ1) is 13.1. The summed E-state index contributed by atoms with van der Waals surface area (Å²) in [7, 11) is 0. The van der Waals surface area contributed by atoms with Crippen molar-refractivity contribution in [3.8, 4) is 0 Å². The molecule has 3 aromatic rings. The zero-order chi connectivity index (χ0) is 18.5. The number of rotatable bonds is 1. The van der Waals surface area contributed by atoms with Crippen molar-refractivity contribution >= 4 is 38.6 Å². The van der Waals surface area contributed by atoms with Gasteiger partial charge in [-0.25, -0.2) is 0 Å². The minimum absolute atomic E-state index is 0.0906. The molecule has 2 aromatic carbocycles. The van der Waals surface area contributed by atoms with Gasteiger partial charge >= 0.3 is 0 Å². The lowest BCUT2D eigenvalue weighted by atomic mass is 9.83. The number of fused-ring (bicyclic) bond motifs is 3. The summed E-state index contributed by atoms with van der Waals surface area (Å²) in [5.74, 6) is -0.338. The Balaban J connectivity index is 1.74. The zero-order valence-electron chi connectivity index (χ0n) is 14.6. The highest BCUT2D eigenvalue weighted by molar-refractivity contribution is 7.19. The van der Waals surface area contributed by atoms with E-state index in [9.17, 15) is 14.4 Å². The van der Waals surface area contributed by atoms with Gasteiger partial charge in [0.05, 0.1) is 0 Å². The van der Waals surface area contributed by atoms with Crippen LogP contribution in [0.4, 0.5) is 0 Å². The van der Waals surface area contributed by atoms with Crippen LogP contribution in [0, 0.1) is 0 Å². The number of allylic oxidation sites excluding steroid dienone is 2. The highest BCUT2D eigenvalue weighted by Gasteiger charge is 2.30. The molecule has 0 amide bonds. The van der Waals surface area contributed by atoms with Gasteiger partial charge in [0.25, 0.3) is 0 Å². The van der Waals surface area contributed by atoms with Crippen molar-refractivity contribution in [2.75, 3.05) is 0 Å². The number of hydrogen-bond donors (Lipinski definition) is 0. The van der Waals surface area contributed by atoms with Crippen LogP contribution in [0.15, 0.2) is 53.3 Å². The second kappa shape index (κ2) is 6.10. The van der Waals surface area contributed by atoms with Gasteiger partial charge in [-0.3, -0.25) is 14.4 Å². The van der Waals surface area contributed by atoms with E-state index < -0.39 is 0 Å². The van der Waals surface area contributed by atoms with Gasteiger partial charge in [0, 0.05) is 43.3 Å².